The van der Waals surface area contributed by atoms with Gasteiger partial charge in [0.05, 0.1) is 13.2 Å². The second-order valence-electron chi connectivity index (χ2n) is 26.2. The van der Waals surface area contributed by atoms with Crippen molar-refractivity contribution < 1.29 is 37.6 Å². The maximum Gasteiger partial charge on any atom is 0.472 e. The van der Waals surface area contributed by atoms with Gasteiger partial charge in [0.25, 0.3) is 0 Å². The van der Waals surface area contributed by atoms with E-state index in [2.05, 4.69) is 38.2 Å². The molecule has 2 unspecified atom stereocenters. The zero-order valence-corrected chi connectivity index (χ0v) is 58.5. The van der Waals surface area contributed by atoms with Crippen LogP contribution in [0.2, 0.25) is 0 Å². The summed E-state index contributed by atoms with van der Waals surface area (Å²) in [6.45, 7) is 3.83. The summed E-state index contributed by atoms with van der Waals surface area (Å²) < 4.78 is 33.2. The first-order chi connectivity index (χ1) is 42.3. The molecule has 0 aliphatic carbocycles. The van der Waals surface area contributed by atoms with Crippen molar-refractivity contribution in [1.82, 2.24) is 0 Å². The average Bonchev–Trinajstić information content (AvgIpc) is 3.55. The molecule has 0 radical (unpaired) electrons. The fourth-order valence-electron chi connectivity index (χ4n) is 11.9. The van der Waals surface area contributed by atoms with Gasteiger partial charge in [0, 0.05) is 19.4 Å². The highest BCUT2D eigenvalue weighted by Crippen LogP contribution is 2.43. The predicted octanol–water partition coefficient (Wildman–Crippen LogP) is 25.3. The zero-order valence-electron chi connectivity index (χ0n) is 57.6. The van der Waals surface area contributed by atoms with Crippen molar-refractivity contribution in [3.05, 3.63) is 24.3 Å². The number of unbranched alkanes of at least 4 members (excludes halogenated alkanes) is 57. The number of ether oxygens (including phenoxy) is 2. The first-order valence-corrected chi connectivity index (χ1v) is 39.8. The van der Waals surface area contributed by atoms with Crippen molar-refractivity contribution >= 4 is 19.8 Å². The summed E-state index contributed by atoms with van der Waals surface area (Å²) in [6, 6.07) is 0. The molecule has 0 saturated carbocycles. The minimum Gasteiger partial charge on any atom is -0.462 e. The number of hydrogen-bond donors (Lipinski definition) is 2. The second-order valence-corrected chi connectivity index (χ2v) is 27.7. The Morgan fingerprint density at radius 3 is 0.884 bits per heavy atom. The first-order valence-electron chi connectivity index (χ1n) is 38.3. The number of hydrogen-bond acceptors (Lipinski definition) is 8. The summed E-state index contributed by atoms with van der Waals surface area (Å²) in [7, 11) is -4.39. The number of nitrogens with two attached hydrogens (primary N) is 1. The lowest BCUT2D eigenvalue weighted by Crippen LogP contribution is -2.29. The van der Waals surface area contributed by atoms with Crippen molar-refractivity contribution in [3.8, 4) is 0 Å². The van der Waals surface area contributed by atoms with Crippen LogP contribution >= 0.6 is 7.82 Å². The van der Waals surface area contributed by atoms with E-state index in [9.17, 15) is 19.0 Å². The van der Waals surface area contributed by atoms with Crippen LogP contribution in [0.3, 0.4) is 0 Å². The van der Waals surface area contributed by atoms with E-state index in [1.807, 2.05) is 0 Å². The van der Waals surface area contributed by atoms with Gasteiger partial charge in [-0.2, -0.15) is 0 Å². The molecule has 0 rings (SSSR count). The maximum absolute atomic E-state index is 12.8. The molecule has 0 amide bonds. The van der Waals surface area contributed by atoms with Crippen LogP contribution in [0, 0.1) is 0 Å². The standard InChI is InChI=1S/C76H148NO8P/c1-3-5-7-9-11-13-15-17-19-21-23-25-27-29-31-32-33-34-35-36-37-38-39-40-41-42-43-45-47-49-51-53-55-57-59-61-63-65-67-69-76(79)85-74(73-84-86(80,81)83-71-70-77)72-82-75(78)68-66-64-62-60-58-56-54-52-50-48-46-44-30-28-26-24-22-20-18-16-14-12-10-8-6-4-2/h15,17,21,23,74H,3-14,16,18-20,22,24-73,77H2,1-2H3,(H,80,81)/b17-15-,23-21-. The molecule has 3 N–H and O–H groups in total. The van der Waals surface area contributed by atoms with Gasteiger partial charge in [-0.15, -0.1) is 0 Å². The van der Waals surface area contributed by atoms with Crippen LogP contribution in [0.15, 0.2) is 24.3 Å². The lowest BCUT2D eigenvalue weighted by atomic mass is 10.0. The van der Waals surface area contributed by atoms with Crippen LogP contribution in [0.25, 0.3) is 0 Å². The van der Waals surface area contributed by atoms with Crippen molar-refractivity contribution in [2.45, 2.75) is 424 Å². The van der Waals surface area contributed by atoms with E-state index < -0.39 is 26.5 Å². The number of esters is 2. The Hall–Kier alpha value is -1.51. The Kier molecular flexibility index (Phi) is 71.3. The second kappa shape index (κ2) is 72.6. The van der Waals surface area contributed by atoms with Gasteiger partial charge in [0.2, 0.25) is 0 Å². The van der Waals surface area contributed by atoms with E-state index in [0.717, 1.165) is 38.5 Å². The van der Waals surface area contributed by atoms with Crippen LogP contribution in [0.5, 0.6) is 0 Å². The highest BCUT2D eigenvalue weighted by molar-refractivity contribution is 7.47. The monoisotopic (exact) mass is 1230 g/mol. The molecule has 0 spiro atoms. The smallest absolute Gasteiger partial charge is 0.462 e. The van der Waals surface area contributed by atoms with Crippen LogP contribution in [0.4, 0.5) is 0 Å². The third-order valence-corrected chi connectivity index (χ3v) is 18.6. The lowest BCUT2D eigenvalue weighted by molar-refractivity contribution is -0.161. The molecule has 0 aliphatic heterocycles. The minimum atomic E-state index is -4.39. The normalized spacial score (nSPS) is 12.9. The fourth-order valence-corrected chi connectivity index (χ4v) is 12.7. The molecule has 9 nitrogen and oxygen atoms in total. The predicted molar refractivity (Wildman–Crippen MR) is 372 cm³/mol. The molecule has 0 bridgehead atoms. The van der Waals surface area contributed by atoms with E-state index in [-0.39, 0.29) is 38.6 Å². The molecular formula is C76H148NO8P. The van der Waals surface area contributed by atoms with Gasteiger partial charge in [-0.05, 0) is 44.9 Å². The van der Waals surface area contributed by atoms with Crippen molar-refractivity contribution in [3.63, 3.8) is 0 Å². The number of carbonyl (C=O) groups excluding carboxylic acids is 2. The van der Waals surface area contributed by atoms with Crippen LogP contribution < -0.4 is 5.73 Å². The van der Waals surface area contributed by atoms with E-state index in [0.29, 0.717) is 6.42 Å². The molecule has 0 aromatic carbocycles. The third-order valence-electron chi connectivity index (χ3n) is 17.6. The molecule has 510 valence electrons. The van der Waals surface area contributed by atoms with Gasteiger partial charge < -0.3 is 20.1 Å². The molecule has 10 heteroatoms. The molecule has 86 heavy (non-hydrogen) atoms. The summed E-state index contributed by atoms with van der Waals surface area (Å²) in [6.07, 6.45) is 90.3. The van der Waals surface area contributed by atoms with Crippen molar-refractivity contribution in [2.75, 3.05) is 26.4 Å². The van der Waals surface area contributed by atoms with Crippen LogP contribution in [-0.2, 0) is 32.7 Å². The Morgan fingerprint density at radius 2 is 0.605 bits per heavy atom. The van der Waals surface area contributed by atoms with Gasteiger partial charge >= 0.3 is 19.8 Å². The summed E-state index contributed by atoms with van der Waals surface area (Å²) in [5, 5.41) is 0. The molecule has 0 aromatic heterocycles. The van der Waals surface area contributed by atoms with Gasteiger partial charge in [0.1, 0.15) is 6.61 Å². The molecule has 0 aliphatic rings. The Labute approximate surface area is 535 Å². The van der Waals surface area contributed by atoms with Crippen LogP contribution in [-0.4, -0.2) is 49.3 Å². The number of allylic oxidation sites excluding steroid dienone is 4. The van der Waals surface area contributed by atoms with E-state index in [4.69, 9.17) is 24.3 Å². The summed E-state index contributed by atoms with van der Waals surface area (Å²) in [5.41, 5.74) is 5.41. The van der Waals surface area contributed by atoms with E-state index in [1.165, 1.54) is 347 Å². The van der Waals surface area contributed by atoms with Gasteiger partial charge in [-0.3, -0.25) is 18.6 Å². The molecule has 0 fully saturated rings. The Morgan fingerprint density at radius 1 is 0.349 bits per heavy atom. The zero-order chi connectivity index (χ0) is 62.3. The SMILES string of the molecule is CCCCCCC/C=C\C/C=C\CCCCCCCCCCCCCCCCCCCCCCCCCCCCCC(=O)OC(COC(=O)CCCCCCCCCCCCCCCCCCCCCCCCCCCC)COP(=O)(O)OCCN. The fraction of sp³-hybridized carbons (Fsp3) is 0.921. The number of phosphoric acid groups is 1. The van der Waals surface area contributed by atoms with Crippen molar-refractivity contribution in [1.29, 1.82) is 0 Å². The van der Waals surface area contributed by atoms with E-state index >= 15 is 0 Å². The molecule has 0 saturated heterocycles. The number of carbonyl (C=O) groups is 2. The summed E-state index contributed by atoms with van der Waals surface area (Å²) in [4.78, 5) is 35.4. The van der Waals surface area contributed by atoms with Crippen molar-refractivity contribution in [2.24, 2.45) is 5.73 Å². The third kappa shape index (κ3) is 71.6. The molecule has 0 heterocycles. The van der Waals surface area contributed by atoms with Gasteiger partial charge in [-0.1, -0.05) is 385 Å². The van der Waals surface area contributed by atoms with Gasteiger partial charge in [-0.25, -0.2) is 4.57 Å². The minimum absolute atomic E-state index is 0.0577. The summed E-state index contributed by atoms with van der Waals surface area (Å²) >= 11 is 0. The highest BCUT2D eigenvalue weighted by atomic mass is 31.2. The Bertz CT molecular complexity index is 1460. The van der Waals surface area contributed by atoms with Crippen LogP contribution in [0.1, 0.15) is 418 Å². The highest BCUT2D eigenvalue weighted by Gasteiger charge is 2.26. The maximum atomic E-state index is 12.8. The quantitative estimate of drug-likeness (QED) is 0.0264. The van der Waals surface area contributed by atoms with Gasteiger partial charge in [0.15, 0.2) is 6.10 Å². The first kappa shape index (κ1) is 84.5. The van der Waals surface area contributed by atoms with E-state index in [1.54, 1.807) is 0 Å². The lowest BCUT2D eigenvalue weighted by Gasteiger charge is -2.19. The largest absolute Gasteiger partial charge is 0.472 e. The Balaban J connectivity index is 3.74. The molecular weight excluding hydrogens is 1090 g/mol. The molecule has 2 atom stereocenters. The average molecular weight is 1230 g/mol. The summed E-state index contributed by atoms with van der Waals surface area (Å²) in [5.74, 6) is -0.798. The number of rotatable bonds is 74. The molecule has 0 aromatic rings. The number of phosphoric ester groups is 1. The topological polar surface area (TPSA) is 134 Å².